The summed E-state index contributed by atoms with van der Waals surface area (Å²) in [6, 6.07) is 6.00. The van der Waals surface area contributed by atoms with Crippen LogP contribution in [0.4, 0.5) is 0 Å². The molecule has 1 heterocycles. The van der Waals surface area contributed by atoms with E-state index in [1.54, 1.807) is 6.20 Å². The first-order valence-corrected chi connectivity index (χ1v) is 4.25. The van der Waals surface area contributed by atoms with Crippen molar-refractivity contribution in [1.29, 1.82) is 0 Å². The first kappa shape index (κ1) is 8.20. The van der Waals surface area contributed by atoms with Crippen LogP contribution in [0.25, 0.3) is 10.8 Å². The highest BCUT2D eigenvalue weighted by atomic mass is 16.3. The highest BCUT2D eigenvalue weighted by Gasteiger charge is 2.00. The topological polar surface area (TPSA) is 33.1 Å². The van der Waals surface area contributed by atoms with Gasteiger partial charge in [-0.1, -0.05) is 11.6 Å². The molecule has 2 rings (SSSR count). The predicted octanol–water partition coefficient (Wildman–Crippen LogP) is 2.04. The Morgan fingerprint density at radius 3 is 3.00 bits per heavy atom. The zero-order chi connectivity index (χ0) is 9.26. The summed E-state index contributed by atoms with van der Waals surface area (Å²) in [5, 5.41) is 11.3. The molecule has 0 unspecified atom stereocenters. The van der Waals surface area contributed by atoms with Crippen molar-refractivity contribution < 1.29 is 5.11 Å². The van der Waals surface area contributed by atoms with Crippen LogP contribution in [-0.2, 0) is 6.61 Å². The summed E-state index contributed by atoms with van der Waals surface area (Å²) in [6.45, 7) is 2.10. The normalized spacial score (nSPS) is 10.6. The van der Waals surface area contributed by atoms with Gasteiger partial charge in [-0.2, -0.15) is 0 Å². The second-order valence-corrected chi connectivity index (χ2v) is 3.18. The zero-order valence-corrected chi connectivity index (χ0v) is 7.49. The fourth-order valence-electron chi connectivity index (χ4n) is 1.58. The molecule has 2 heteroatoms. The van der Waals surface area contributed by atoms with Gasteiger partial charge in [-0.15, -0.1) is 0 Å². The molecular formula is C11H11NO. The van der Waals surface area contributed by atoms with Crippen LogP contribution in [0.2, 0.25) is 0 Å². The van der Waals surface area contributed by atoms with Crippen molar-refractivity contribution >= 4 is 10.8 Å². The number of hydrogen-bond donors (Lipinski definition) is 1. The monoisotopic (exact) mass is 173 g/mol. The molecule has 0 saturated carbocycles. The van der Waals surface area contributed by atoms with Gasteiger partial charge in [-0.05, 0) is 30.0 Å². The minimum Gasteiger partial charge on any atom is -0.392 e. The van der Waals surface area contributed by atoms with E-state index in [9.17, 15) is 0 Å². The summed E-state index contributed by atoms with van der Waals surface area (Å²) in [6.07, 6.45) is 3.57. The lowest BCUT2D eigenvalue weighted by molar-refractivity contribution is 0.283. The summed E-state index contributed by atoms with van der Waals surface area (Å²) in [7, 11) is 0. The van der Waals surface area contributed by atoms with Crippen LogP contribution < -0.4 is 0 Å². The van der Waals surface area contributed by atoms with Crippen LogP contribution in [-0.4, -0.2) is 10.1 Å². The Labute approximate surface area is 76.9 Å². The fraction of sp³-hybridized carbons (Fsp3) is 0.182. The Hall–Kier alpha value is -1.41. The standard InChI is InChI=1S/C11H11NO/c1-8-4-9-6-12-3-2-11(9)10(5-8)7-13/h2-6,13H,7H2,1H3. The molecule has 1 aromatic heterocycles. The first-order chi connectivity index (χ1) is 6.31. The molecule has 0 aliphatic rings. The van der Waals surface area contributed by atoms with Crippen molar-refractivity contribution in [2.45, 2.75) is 13.5 Å². The number of hydrogen-bond acceptors (Lipinski definition) is 2. The van der Waals surface area contributed by atoms with Crippen molar-refractivity contribution in [2.24, 2.45) is 0 Å². The predicted molar refractivity (Wildman–Crippen MR) is 52.4 cm³/mol. The first-order valence-electron chi connectivity index (χ1n) is 4.25. The van der Waals surface area contributed by atoms with Crippen molar-refractivity contribution in [3.8, 4) is 0 Å². The van der Waals surface area contributed by atoms with Gasteiger partial charge in [-0.3, -0.25) is 4.98 Å². The highest BCUT2D eigenvalue weighted by molar-refractivity contribution is 5.85. The largest absolute Gasteiger partial charge is 0.392 e. The Kier molecular flexibility index (Phi) is 1.99. The minimum atomic E-state index is 0.0855. The third kappa shape index (κ3) is 1.40. The second kappa shape index (κ2) is 3.15. The highest BCUT2D eigenvalue weighted by Crippen LogP contribution is 2.19. The number of aliphatic hydroxyl groups excluding tert-OH is 1. The SMILES string of the molecule is Cc1cc(CO)c2ccncc2c1. The Morgan fingerprint density at radius 2 is 2.23 bits per heavy atom. The quantitative estimate of drug-likeness (QED) is 0.715. The number of pyridine rings is 1. The number of aryl methyl sites for hydroxylation is 1. The van der Waals surface area contributed by atoms with E-state index in [2.05, 4.69) is 11.1 Å². The Balaban J connectivity index is 2.81. The maximum atomic E-state index is 9.14. The Bertz CT molecular complexity index is 437. The minimum absolute atomic E-state index is 0.0855. The van der Waals surface area contributed by atoms with Gasteiger partial charge in [0.15, 0.2) is 0 Å². The second-order valence-electron chi connectivity index (χ2n) is 3.18. The van der Waals surface area contributed by atoms with E-state index in [4.69, 9.17) is 5.11 Å². The van der Waals surface area contributed by atoms with Crippen LogP contribution >= 0.6 is 0 Å². The number of rotatable bonds is 1. The molecule has 2 nitrogen and oxygen atoms in total. The van der Waals surface area contributed by atoms with Crippen molar-refractivity contribution in [2.75, 3.05) is 0 Å². The molecular weight excluding hydrogens is 162 g/mol. The van der Waals surface area contributed by atoms with E-state index >= 15 is 0 Å². The summed E-state index contributed by atoms with van der Waals surface area (Å²) in [4.78, 5) is 4.05. The Morgan fingerprint density at radius 1 is 1.38 bits per heavy atom. The van der Waals surface area contributed by atoms with E-state index in [0.717, 1.165) is 21.9 Å². The van der Waals surface area contributed by atoms with Gasteiger partial charge < -0.3 is 5.11 Å². The molecule has 13 heavy (non-hydrogen) atoms. The van der Waals surface area contributed by atoms with E-state index in [0.29, 0.717) is 0 Å². The summed E-state index contributed by atoms with van der Waals surface area (Å²) in [5.41, 5.74) is 2.13. The molecule has 0 bridgehead atoms. The number of aromatic nitrogens is 1. The smallest absolute Gasteiger partial charge is 0.0687 e. The zero-order valence-electron chi connectivity index (χ0n) is 7.49. The van der Waals surface area contributed by atoms with Crippen LogP contribution in [0.15, 0.2) is 30.6 Å². The molecule has 0 spiro atoms. The molecule has 0 amide bonds. The molecule has 0 saturated heterocycles. The van der Waals surface area contributed by atoms with Crippen LogP contribution in [0, 0.1) is 6.92 Å². The molecule has 0 aliphatic heterocycles. The number of nitrogens with zero attached hydrogens (tertiary/aromatic N) is 1. The van der Waals surface area contributed by atoms with E-state index in [1.165, 1.54) is 0 Å². The van der Waals surface area contributed by atoms with Gasteiger partial charge in [0.2, 0.25) is 0 Å². The average Bonchev–Trinajstić information content (AvgIpc) is 2.16. The fourth-order valence-corrected chi connectivity index (χ4v) is 1.58. The third-order valence-corrected chi connectivity index (χ3v) is 2.15. The maximum Gasteiger partial charge on any atom is 0.0687 e. The molecule has 66 valence electrons. The third-order valence-electron chi connectivity index (χ3n) is 2.15. The van der Waals surface area contributed by atoms with Gasteiger partial charge in [0.05, 0.1) is 6.61 Å². The lowest BCUT2D eigenvalue weighted by Gasteiger charge is -2.04. The van der Waals surface area contributed by atoms with Gasteiger partial charge in [0.25, 0.3) is 0 Å². The van der Waals surface area contributed by atoms with Crippen molar-refractivity contribution in [3.05, 3.63) is 41.7 Å². The summed E-state index contributed by atoms with van der Waals surface area (Å²) >= 11 is 0. The summed E-state index contributed by atoms with van der Waals surface area (Å²) < 4.78 is 0. The lowest BCUT2D eigenvalue weighted by atomic mass is 10.0. The average molecular weight is 173 g/mol. The van der Waals surface area contributed by atoms with Crippen LogP contribution in [0.3, 0.4) is 0 Å². The molecule has 0 radical (unpaired) electrons. The van der Waals surface area contributed by atoms with Crippen LogP contribution in [0.5, 0.6) is 0 Å². The van der Waals surface area contributed by atoms with E-state index in [1.807, 2.05) is 25.3 Å². The van der Waals surface area contributed by atoms with Gasteiger partial charge in [-0.25, -0.2) is 0 Å². The van der Waals surface area contributed by atoms with Gasteiger partial charge >= 0.3 is 0 Å². The molecule has 1 aromatic carbocycles. The molecule has 1 N–H and O–H groups in total. The summed E-state index contributed by atoms with van der Waals surface area (Å²) in [5.74, 6) is 0. The van der Waals surface area contributed by atoms with Gasteiger partial charge in [0, 0.05) is 17.8 Å². The number of fused-ring (bicyclic) bond motifs is 1. The molecule has 2 aromatic rings. The molecule has 0 aliphatic carbocycles. The number of benzene rings is 1. The van der Waals surface area contributed by atoms with Gasteiger partial charge in [0.1, 0.15) is 0 Å². The van der Waals surface area contributed by atoms with Crippen molar-refractivity contribution in [1.82, 2.24) is 4.98 Å². The molecule has 0 atom stereocenters. The van der Waals surface area contributed by atoms with Crippen LogP contribution in [0.1, 0.15) is 11.1 Å². The van der Waals surface area contributed by atoms with Crippen molar-refractivity contribution in [3.63, 3.8) is 0 Å². The van der Waals surface area contributed by atoms with E-state index in [-0.39, 0.29) is 6.61 Å². The maximum absolute atomic E-state index is 9.14. The lowest BCUT2D eigenvalue weighted by Crippen LogP contribution is -1.88. The number of aliphatic hydroxyl groups is 1. The van der Waals surface area contributed by atoms with E-state index < -0.39 is 0 Å². The molecule has 0 fully saturated rings.